The first-order chi connectivity index (χ1) is 10.2. The number of likely N-dealkylation sites (tertiary alicyclic amines) is 1. The minimum absolute atomic E-state index is 0.352. The van der Waals surface area contributed by atoms with Gasteiger partial charge >= 0.3 is 0 Å². The number of imidazole rings is 1. The fourth-order valence-electron chi connectivity index (χ4n) is 2.85. The molecule has 112 valence electrons. The van der Waals surface area contributed by atoms with Crippen molar-refractivity contribution in [3.05, 3.63) is 36.2 Å². The highest BCUT2D eigenvalue weighted by atomic mass is 15.2. The Labute approximate surface area is 125 Å². The van der Waals surface area contributed by atoms with Gasteiger partial charge in [-0.1, -0.05) is 6.42 Å². The Bertz CT molecular complexity index is 565. The lowest BCUT2D eigenvalue weighted by Crippen LogP contribution is -2.34. The highest BCUT2D eigenvalue weighted by molar-refractivity contribution is 5.28. The molecule has 0 spiro atoms. The van der Waals surface area contributed by atoms with Gasteiger partial charge in [0.25, 0.3) is 0 Å². The molecule has 1 aliphatic rings. The molecule has 1 atom stereocenters. The smallest absolute Gasteiger partial charge is 0.225 e. The van der Waals surface area contributed by atoms with Crippen molar-refractivity contribution in [1.82, 2.24) is 24.8 Å². The summed E-state index contributed by atoms with van der Waals surface area (Å²) in [5.41, 5.74) is 1.11. The van der Waals surface area contributed by atoms with Gasteiger partial charge < -0.3 is 9.88 Å². The average Bonchev–Trinajstić information content (AvgIpc) is 3.01. The van der Waals surface area contributed by atoms with Crippen LogP contribution in [0.1, 0.15) is 36.8 Å². The summed E-state index contributed by atoms with van der Waals surface area (Å²) in [5, 5.41) is 0. The molecule has 0 bridgehead atoms. The molecule has 21 heavy (non-hydrogen) atoms. The topological polar surface area (TPSA) is 60.9 Å². The van der Waals surface area contributed by atoms with Crippen molar-refractivity contribution in [2.45, 2.75) is 31.8 Å². The predicted octanol–water partition coefficient (Wildman–Crippen LogP) is 1.99. The molecule has 6 heteroatoms. The Morgan fingerprint density at radius 3 is 2.95 bits per heavy atom. The van der Waals surface area contributed by atoms with E-state index in [0.29, 0.717) is 6.04 Å². The predicted molar refractivity (Wildman–Crippen MR) is 81.9 cm³/mol. The van der Waals surface area contributed by atoms with Crippen molar-refractivity contribution >= 4 is 5.95 Å². The second kappa shape index (κ2) is 6.22. The normalized spacial score (nSPS) is 19.6. The van der Waals surface area contributed by atoms with Gasteiger partial charge in [0.15, 0.2) is 0 Å². The Morgan fingerprint density at radius 1 is 1.29 bits per heavy atom. The molecule has 1 saturated heterocycles. The summed E-state index contributed by atoms with van der Waals surface area (Å²) in [7, 11) is 3.95. The Hall–Kier alpha value is -1.95. The molecule has 1 fully saturated rings. The third-order valence-electron chi connectivity index (χ3n) is 3.93. The van der Waals surface area contributed by atoms with Gasteiger partial charge in [0.2, 0.25) is 5.95 Å². The summed E-state index contributed by atoms with van der Waals surface area (Å²) in [6.45, 7) is 1.94. The molecule has 0 aromatic carbocycles. The molecule has 1 N–H and O–H groups in total. The Morgan fingerprint density at radius 2 is 2.19 bits per heavy atom. The quantitative estimate of drug-likeness (QED) is 0.931. The highest BCUT2D eigenvalue weighted by Gasteiger charge is 2.26. The zero-order valence-corrected chi connectivity index (χ0v) is 12.7. The summed E-state index contributed by atoms with van der Waals surface area (Å²) >= 11 is 0. The lowest BCUT2D eigenvalue weighted by molar-refractivity contribution is 0.134. The maximum absolute atomic E-state index is 4.72. The average molecular weight is 286 g/mol. The van der Waals surface area contributed by atoms with Crippen LogP contribution in [-0.2, 0) is 6.54 Å². The first-order valence-corrected chi connectivity index (χ1v) is 7.46. The number of hydrogen-bond acceptors (Lipinski definition) is 5. The van der Waals surface area contributed by atoms with E-state index < -0.39 is 0 Å². The molecular formula is C15H22N6. The number of nitrogens with zero attached hydrogens (tertiary/aromatic N) is 5. The maximum Gasteiger partial charge on any atom is 0.225 e. The number of aromatic nitrogens is 4. The number of hydrogen-bond donors (Lipinski definition) is 1. The van der Waals surface area contributed by atoms with E-state index >= 15 is 0 Å². The zero-order chi connectivity index (χ0) is 14.7. The molecular weight excluding hydrogens is 264 g/mol. The fourth-order valence-corrected chi connectivity index (χ4v) is 2.85. The van der Waals surface area contributed by atoms with Gasteiger partial charge in [-0.2, -0.15) is 0 Å². The van der Waals surface area contributed by atoms with Crippen molar-refractivity contribution in [2.75, 3.05) is 25.5 Å². The molecule has 0 amide bonds. The van der Waals surface area contributed by atoms with E-state index in [2.05, 4.69) is 19.9 Å². The third-order valence-corrected chi connectivity index (χ3v) is 3.93. The second-order valence-corrected chi connectivity index (χ2v) is 5.69. The first-order valence-electron chi connectivity index (χ1n) is 7.46. The monoisotopic (exact) mass is 286 g/mol. The minimum atomic E-state index is 0.352. The minimum Gasteiger partial charge on any atom is -0.348 e. The van der Waals surface area contributed by atoms with E-state index in [1.54, 1.807) is 0 Å². The Kier molecular flexibility index (Phi) is 4.15. The van der Waals surface area contributed by atoms with Gasteiger partial charge in [-0.05, 0) is 25.5 Å². The molecule has 0 radical (unpaired) electrons. The molecule has 2 aromatic heterocycles. The summed E-state index contributed by atoms with van der Waals surface area (Å²) in [6.07, 6.45) is 9.18. The molecule has 6 nitrogen and oxygen atoms in total. The van der Waals surface area contributed by atoms with Gasteiger partial charge in [-0.25, -0.2) is 15.0 Å². The van der Waals surface area contributed by atoms with Crippen LogP contribution < -0.4 is 4.90 Å². The molecule has 0 saturated carbocycles. The van der Waals surface area contributed by atoms with Gasteiger partial charge in [-0.15, -0.1) is 0 Å². The van der Waals surface area contributed by atoms with Crippen molar-refractivity contribution in [3.8, 4) is 0 Å². The van der Waals surface area contributed by atoms with Crippen LogP contribution in [0.3, 0.4) is 0 Å². The number of rotatable bonds is 4. The number of aromatic amines is 1. The summed E-state index contributed by atoms with van der Waals surface area (Å²) in [4.78, 5) is 21.0. The molecule has 2 aromatic rings. The lowest BCUT2D eigenvalue weighted by atomic mass is 9.99. The standard InChI is InChI=1S/C15H22N6/c1-20(2)15-18-7-6-12(19-15)13-5-3-4-10-21(13)11-14-16-8-9-17-14/h6-9,13H,3-5,10-11H2,1-2H3,(H,16,17)/t13-/m1/s1. The van der Waals surface area contributed by atoms with Gasteiger partial charge in [0.1, 0.15) is 5.82 Å². The van der Waals surface area contributed by atoms with Crippen LogP contribution in [0.4, 0.5) is 5.95 Å². The summed E-state index contributed by atoms with van der Waals surface area (Å²) in [6, 6.07) is 2.39. The van der Waals surface area contributed by atoms with E-state index in [-0.39, 0.29) is 0 Å². The molecule has 3 rings (SSSR count). The van der Waals surface area contributed by atoms with Gasteiger partial charge in [-0.3, -0.25) is 4.90 Å². The number of nitrogens with one attached hydrogen (secondary N) is 1. The maximum atomic E-state index is 4.72. The lowest BCUT2D eigenvalue weighted by Gasteiger charge is -2.34. The molecule has 0 unspecified atom stereocenters. The fraction of sp³-hybridized carbons (Fsp3) is 0.533. The number of anilines is 1. The van der Waals surface area contributed by atoms with Crippen LogP contribution in [0, 0.1) is 0 Å². The van der Waals surface area contributed by atoms with E-state index in [1.165, 1.54) is 12.8 Å². The number of piperidine rings is 1. The third kappa shape index (κ3) is 3.21. The Balaban J connectivity index is 1.81. The van der Waals surface area contributed by atoms with E-state index in [4.69, 9.17) is 4.98 Å². The molecule has 0 aliphatic carbocycles. The van der Waals surface area contributed by atoms with Gasteiger partial charge in [0.05, 0.1) is 18.3 Å². The summed E-state index contributed by atoms with van der Waals surface area (Å²) < 4.78 is 0. The zero-order valence-electron chi connectivity index (χ0n) is 12.7. The van der Waals surface area contributed by atoms with Crippen LogP contribution in [0.25, 0.3) is 0 Å². The summed E-state index contributed by atoms with van der Waals surface area (Å²) in [5.74, 6) is 1.79. The molecule has 3 heterocycles. The van der Waals surface area contributed by atoms with E-state index in [1.807, 2.05) is 43.7 Å². The largest absolute Gasteiger partial charge is 0.348 e. The van der Waals surface area contributed by atoms with E-state index in [9.17, 15) is 0 Å². The van der Waals surface area contributed by atoms with Crippen LogP contribution >= 0.6 is 0 Å². The number of H-pyrrole nitrogens is 1. The van der Waals surface area contributed by atoms with Crippen LogP contribution in [0.2, 0.25) is 0 Å². The SMILES string of the molecule is CN(C)c1nccc([C@H]2CCCCN2Cc2ncc[nH]2)n1. The first kappa shape index (κ1) is 14.0. The highest BCUT2D eigenvalue weighted by Crippen LogP contribution is 2.31. The van der Waals surface area contributed by atoms with Crippen LogP contribution in [0.5, 0.6) is 0 Å². The van der Waals surface area contributed by atoms with Crippen LogP contribution in [-0.4, -0.2) is 45.5 Å². The van der Waals surface area contributed by atoms with Crippen molar-refractivity contribution in [3.63, 3.8) is 0 Å². The van der Waals surface area contributed by atoms with Crippen molar-refractivity contribution in [1.29, 1.82) is 0 Å². The second-order valence-electron chi connectivity index (χ2n) is 5.69. The van der Waals surface area contributed by atoms with Crippen molar-refractivity contribution < 1.29 is 0 Å². The van der Waals surface area contributed by atoms with Gasteiger partial charge in [0, 0.05) is 32.7 Å². The van der Waals surface area contributed by atoms with Crippen LogP contribution in [0.15, 0.2) is 24.7 Å². The van der Waals surface area contributed by atoms with E-state index in [0.717, 1.165) is 37.0 Å². The molecule has 1 aliphatic heterocycles. The van der Waals surface area contributed by atoms with Crippen molar-refractivity contribution in [2.24, 2.45) is 0 Å².